The van der Waals surface area contributed by atoms with Gasteiger partial charge in [-0.05, 0) is 37.5 Å². The van der Waals surface area contributed by atoms with Crippen LogP contribution in [0.1, 0.15) is 53.4 Å². The monoisotopic (exact) mass is 214 g/mol. The molecule has 0 spiro atoms. The molecule has 1 fully saturated rings. The van der Waals surface area contributed by atoms with Gasteiger partial charge in [0.05, 0.1) is 12.2 Å². The van der Waals surface area contributed by atoms with Crippen LogP contribution in [0.5, 0.6) is 0 Å². The molecule has 2 N–H and O–H groups in total. The zero-order valence-corrected chi connectivity index (χ0v) is 10.6. The molecule has 90 valence electrons. The minimum absolute atomic E-state index is 0.0828. The first kappa shape index (κ1) is 13.0. The van der Waals surface area contributed by atoms with Gasteiger partial charge < -0.3 is 10.2 Å². The van der Waals surface area contributed by atoms with E-state index in [1.54, 1.807) is 0 Å². The summed E-state index contributed by atoms with van der Waals surface area (Å²) in [6.07, 6.45) is 3.71. The van der Waals surface area contributed by atoms with Crippen molar-refractivity contribution in [3.05, 3.63) is 0 Å². The average Bonchev–Trinajstić information content (AvgIpc) is 2.14. The topological polar surface area (TPSA) is 40.5 Å². The molecule has 0 aromatic heterocycles. The standard InChI is InChI=1S/C13H26O2/c1-5-12(4,9-14)13(15)7-10(2)6-11(3)8-13/h10-11,14-15H,5-9H2,1-4H3. The highest BCUT2D eigenvalue weighted by molar-refractivity contribution is 4.99. The molecule has 15 heavy (non-hydrogen) atoms. The second-order valence-electron chi connectivity index (χ2n) is 5.96. The van der Waals surface area contributed by atoms with Gasteiger partial charge in [-0.3, -0.25) is 0 Å². The van der Waals surface area contributed by atoms with E-state index in [0.29, 0.717) is 11.8 Å². The Balaban J connectivity index is 2.88. The van der Waals surface area contributed by atoms with E-state index >= 15 is 0 Å². The van der Waals surface area contributed by atoms with Crippen LogP contribution in [0.3, 0.4) is 0 Å². The Morgan fingerprint density at radius 1 is 1.27 bits per heavy atom. The summed E-state index contributed by atoms with van der Waals surface area (Å²) < 4.78 is 0. The van der Waals surface area contributed by atoms with Gasteiger partial charge in [-0.2, -0.15) is 0 Å². The van der Waals surface area contributed by atoms with Crippen molar-refractivity contribution in [2.45, 2.75) is 59.0 Å². The molecule has 0 heterocycles. The van der Waals surface area contributed by atoms with Gasteiger partial charge in [0.25, 0.3) is 0 Å². The maximum absolute atomic E-state index is 10.8. The number of rotatable bonds is 3. The van der Waals surface area contributed by atoms with E-state index in [1.165, 1.54) is 6.42 Å². The van der Waals surface area contributed by atoms with Crippen molar-refractivity contribution < 1.29 is 10.2 Å². The highest BCUT2D eigenvalue weighted by Crippen LogP contribution is 2.47. The van der Waals surface area contributed by atoms with Crippen LogP contribution in [-0.4, -0.2) is 22.4 Å². The zero-order chi connectivity index (χ0) is 11.7. The third-order valence-electron chi connectivity index (χ3n) is 4.43. The summed E-state index contributed by atoms with van der Waals surface area (Å²) in [5, 5.41) is 20.3. The van der Waals surface area contributed by atoms with Crippen molar-refractivity contribution in [2.75, 3.05) is 6.61 Å². The third-order valence-corrected chi connectivity index (χ3v) is 4.43. The smallest absolute Gasteiger partial charge is 0.0727 e. The summed E-state index contributed by atoms with van der Waals surface area (Å²) in [4.78, 5) is 0. The molecule has 0 aromatic rings. The summed E-state index contributed by atoms with van der Waals surface area (Å²) in [6.45, 7) is 8.55. The Labute approximate surface area is 93.7 Å². The molecule has 1 aliphatic rings. The van der Waals surface area contributed by atoms with Crippen LogP contribution in [-0.2, 0) is 0 Å². The lowest BCUT2D eigenvalue weighted by atomic mass is 9.61. The van der Waals surface area contributed by atoms with Gasteiger partial charge in [0, 0.05) is 5.41 Å². The van der Waals surface area contributed by atoms with Crippen LogP contribution in [0.2, 0.25) is 0 Å². The maximum atomic E-state index is 10.8. The van der Waals surface area contributed by atoms with E-state index in [2.05, 4.69) is 20.8 Å². The summed E-state index contributed by atoms with van der Waals surface area (Å²) >= 11 is 0. The van der Waals surface area contributed by atoms with Crippen molar-refractivity contribution in [3.8, 4) is 0 Å². The van der Waals surface area contributed by atoms with Crippen molar-refractivity contribution >= 4 is 0 Å². The molecule has 3 atom stereocenters. The third kappa shape index (κ3) is 2.36. The largest absolute Gasteiger partial charge is 0.396 e. The van der Waals surface area contributed by atoms with Crippen molar-refractivity contribution in [3.63, 3.8) is 0 Å². The first-order valence-corrected chi connectivity index (χ1v) is 6.20. The van der Waals surface area contributed by atoms with E-state index in [-0.39, 0.29) is 12.0 Å². The molecule has 0 amide bonds. The highest BCUT2D eigenvalue weighted by atomic mass is 16.3. The van der Waals surface area contributed by atoms with Crippen LogP contribution < -0.4 is 0 Å². The molecule has 2 nitrogen and oxygen atoms in total. The quantitative estimate of drug-likeness (QED) is 0.758. The molecule has 1 aliphatic carbocycles. The molecular formula is C13H26O2. The molecule has 0 bridgehead atoms. The minimum Gasteiger partial charge on any atom is -0.396 e. The van der Waals surface area contributed by atoms with Gasteiger partial charge in [0.15, 0.2) is 0 Å². The van der Waals surface area contributed by atoms with Gasteiger partial charge in [-0.25, -0.2) is 0 Å². The average molecular weight is 214 g/mol. The highest BCUT2D eigenvalue weighted by Gasteiger charge is 2.48. The Morgan fingerprint density at radius 3 is 2.07 bits per heavy atom. The van der Waals surface area contributed by atoms with Crippen LogP contribution >= 0.6 is 0 Å². The molecule has 1 saturated carbocycles. The second kappa shape index (κ2) is 4.42. The lowest BCUT2D eigenvalue weighted by Gasteiger charge is -2.49. The first-order chi connectivity index (χ1) is 6.87. The van der Waals surface area contributed by atoms with Gasteiger partial charge in [-0.1, -0.05) is 27.7 Å². The minimum atomic E-state index is -0.673. The number of aliphatic hydroxyl groups excluding tert-OH is 1. The van der Waals surface area contributed by atoms with E-state index in [1.807, 2.05) is 6.92 Å². The van der Waals surface area contributed by atoms with Gasteiger partial charge in [-0.15, -0.1) is 0 Å². The summed E-state index contributed by atoms with van der Waals surface area (Å²) in [5.41, 5.74) is -1.01. The Bertz CT molecular complexity index is 199. The van der Waals surface area contributed by atoms with Gasteiger partial charge >= 0.3 is 0 Å². The maximum Gasteiger partial charge on any atom is 0.0727 e. The second-order valence-corrected chi connectivity index (χ2v) is 5.96. The molecule has 0 radical (unpaired) electrons. The van der Waals surface area contributed by atoms with Crippen LogP contribution in [0.25, 0.3) is 0 Å². The van der Waals surface area contributed by atoms with Gasteiger partial charge in [0.1, 0.15) is 0 Å². The zero-order valence-electron chi connectivity index (χ0n) is 10.6. The van der Waals surface area contributed by atoms with Crippen molar-refractivity contribution in [1.82, 2.24) is 0 Å². The summed E-state index contributed by atoms with van der Waals surface area (Å²) in [6, 6.07) is 0. The predicted molar refractivity (Wildman–Crippen MR) is 62.6 cm³/mol. The molecule has 0 aromatic carbocycles. The van der Waals surface area contributed by atoms with Gasteiger partial charge in [0.2, 0.25) is 0 Å². The van der Waals surface area contributed by atoms with Crippen molar-refractivity contribution in [2.24, 2.45) is 17.3 Å². The summed E-state index contributed by atoms with van der Waals surface area (Å²) in [5.74, 6) is 1.13. The lowest BCUT2D eigenvalue weighted by molar-refractivity contribution is -0.142. The molecule has 2 heteroatoms. The van der Waals surface area contributed by atoms with E-state index in [0.717, 1.165) is 19.3 Å². The fourth-order valence-electron chi connectivity index (χ4n) is 3.17. The Kier molecular flexibility index (Phi) is 3.83. The predicted octanol–water partition coefficient (Wildman–Crippen LogP) is 2.58. The van der Waals surface area contributed by atoms with E-state index in [9.17, 15) is 10.2 Å². The molecular weight excluding hydrogens is 188 g/mol. The lowest BCUT2D eigenvalue weighted by Crippen LogP contribution is -2.52. The van der Waals surface area contributed by atoms with E-state index in [4.69, 9.17) is 0 Å². The molecule has 0 saturated heterocycles. The summed E-state index contributed by atoms with van der Waals surface area (Å²) in [7, 11) is 0. The number of aliphatic hydroxyl groups is 2. The fraction of sp³-hybridized carbons (Fsp3) is 1.00. The van der Waals surface area contributed by atoms with Crippen molar-refractivity contribution in [1.29, 1.82) is 0 Å². The fourth-order valence-corrected chi connectivity index (χ4v) is 3.17. The SMILES string of the molecule is CCC(C)(CO)C1(O)CC(C)CC(C)C1. The Hall–Kier alpha value is -0.0800. The number of hydrogen-bond acceptors (Lipinski definition) is 2. The van der Waals surface area contributed by atoms with Crippen LogP contribution in [0.4, 0.5) is 0 Å². The van der Waals surface area contributed by atoms with Crippen LogP contribution in [0.15, 0.2) is 0 Å². The number of hydrogen-bond donors (Lipinski definition) is 2. The first-order valence-electron chi connectivity index (χ1n) is 6.20. The van der Waals surface area contributed by atoms with E-state index < -0.39 is 5.60 Å². The molecule has 3 unspecified atom stereocenters. The normalized spacial score (nSPS) is 41.2. The van der Waals surface area contributed by atoms with Crippen LogP contribution in [0, 0.1) is 17.3 Å². The molecule has 1 rings (SSSR count). The Morgan fingerprint density at radius 2 is 1.73 bits per heavy atom. The molecule has 0 aliphatic heterocycles.